The lowest BCUT2D eigenvalue weighted by molar-refractivity contribution is 0.262. The summed E-state index contributed by atoms with van der Waals surface area (Å²) < 4.78 is 5.23. The van der Waals surface area contributed by atoms with Crippen molar-refractivity contribution in [2.24, 2.45) is 0 Å². The molecule has 1 aromatic heterocycles. The molecule has 0 saturated carbocycles. The number of hydrogen-bond donors (Lipinski definition) is 2. The predicted molar refractivity (Wildman–Crippen MR) is 97.1 cm³/mol. The third kappa shape index (κ3) is 3.26. The van der Waals surface area contributed by atoms with Crippen molar-refractivity contribution in [1.29, 1.82) is 0 Å². The van der Waals surface area contributed by atoms with Crippen molar-refractivity contribution in [2.75, 3.05) is 17.7 Å². The standard InChI is InChI=1S/C18H16ClN3O2/c1-11-10-20-14-6-4-3-5-13(14)17(11)22-18(23)21-15-9-12(19)7-8-16(15)24-2/h3-10H,1-2H3,(H2,20,21,22,23). The van der Waals surface area contributed by atoms with E-state index in [-0.39, 0.29) is 6.03 Å². The van der Waals surface area contributed by atoms with Gasteiger partial charge in [0, 0.05) is 16.6 Å². The summed E-state index contributed by atoms with van der Waals surface area (Å²) in [5.41, 5.74) is 2.92. The zero-order valence-electron chi connectivity index (χ0n) is 13.3. The van der Waals surface area contributed by atoms with Crippen LogP contribution in [0.5, 0.6) is 5.75 Å². The first-order chi connectivity index (χ1) is 11.6. The average molecular weight is 342 g/mol. The van der Waals surface area contributed by atoms with E-state index in [1.165, 1.54) is 7.11 Å². The molecule has 0 bridgehead atoms. The van der Waals surface area contributed by atoms with Crippen LogP contribution in [0.4, 0.5) is 16.2 Å². The molecule has 0 aliphatic carbocycles. The number of carbonyl (C=O) groups is 1. The summed E-state index contributed by atoms with van der Waals surface area (Å²) in [6.45, 7) is 1.90. The SMILES string of the molecule is COc1ccc(Cl)cc1NC(=O)Nc1c(C)cnc2ccccc12. The number of anilines is 2. The van der Waals surface area contributed by atoms with Crippen molar-refractivity contribution < 1.29 is 9.53 Å². The summed E-state index contributed by atoms with van der Waals surface area (Å²) in [4.78, 5) is 16.8. The van der Waals surface area contributed by atoms with Gasteiger partial charge in [-0.1, -0.05) is 29.8 Å². The molecule has 0 radical (unpaired) electrons. The normalized spacial score (nSPS) is 10.5. The lowest BCUT2D eigenvalue weighted by Crippen LogP contribution is -2.20. The van der Waals surface area contributed by atoms with Gasteiger partial charge < -0.3 is 15.4 Å². The molecule has 0 unspecified atom stereocenters. The second-order valence-electron chi connectivity index (χ2n) is 5.26. The second-order valence-corrected chi connectivity index (χ2v) is 5.69. The van der Waals surface area contributed by atoms with E-state index in [1.807, 2.05) is 31.2 Å². The molecule has 1 heterocycles. The first-order valence-corrected chi connectivity index (χ1v) is 7.72. The minimum Gasteiger partial charge on any atom is -0.495 e. The fourth-order valence-electron chi connectivity index (χ4n) is 2.45. The lowest BCUT2D eigenvalue weighted by Gasteiger charge is -2.14. The Bertz CT molecular complexity index is 912. The van der Waals surface area contributed by atoms with Crippen molar-refractivity contribution in [2.45, 2.75) is 6.92 Å². The van der Waals surface area contributed by atoms with Crippen LogP contribution in [-0.4, -0.2) is 18.1 Å². The number of aromatic nitrogens is 1. The highest BCUT2D eigenvalue weighted by Gasteiger charge is 2.12. The number of benzene rings is 2. The lowest BCUT2D eigenvalue weighted by atomic mass is 10.1. The van der Waals surface area contributed by atoms with Crippen LogP contribution in [-0.2, 0) is 0 Å². The maximum atomic E-state index is 12.4. The fourth-order valence-corrected chi connectivity index (χ4v) is 2.62. The van der Waals surface area contributed by atoms with E-state index < -0.39 is 0 Å². The van der Waals surface area contributed by atoms with Crippen LogP contribution in [0.25, 0.3) is 10.9 Å². The van der Waals surface area contributed by atoms with Gasteiger partial charge in [-0.2, -0.15) is 0 Å². The van der Waals surface area contributed by atoms with Crippen molar-refractivity contribution in [3.63, 3.8) is 0 Å². The summed E-state index contributed by atoms with van der Waals surface area (Å²) in [5.74, 6) is 0.533. The molecule has 2 N–H and O–H groups in total. The molecule has 0 aliphatic rings. The minimum absolute atomic E-state index is 0.380. The van der Waals surface area contributed by atoms with Crippen LogP contribution < -0.4 is 15.4 Å². The largest absolute Gasteiger partial charge is 0.495 e. The first-order valence-electron chi connectivity index (χ1n) is 7.34. The van der Waals surface area contributed by atoms with Gasteiger partial charge in [0.15, 0.2) is 0 Å². The molecule has 0 atom stereocenters. The third-order valence-electron chi connectivity index (χ3n) is 3.61. The molecule has 0 aliphatic heterocycles. The van der Waals surface area contributed by atoms with Crippen LogP contribution in [0, 0.1) is 6.92 Å². The number of aryl methyl sites for hydroxylation is 1. The van der Waals surface area contributed by atoms with Gasteiger partial charge in [0.2, 0.25) is 0 Å². The molecular formula is C18H16ClN3O2. The Hall–Kier alpha value is -2.79. The van der Waals surface area contributed by atoms with Gasteiger partial charge in [-0.15, -0.1) is 0 Å². The highest BCUT2D eigenvalue weighted by Crippen LogP contribution is 2.29. The van der Waals surface area contributed by atoms with E-state index >= 15 is 0 Å². The van der Waals surface area contributed by atoms with E-state index in [4.69, 9.17) is 16.3 Å². The van der Waals surface area contributed by atoms with Gasteiger partial charge in [-0.25, -0.2) is 4.79 Å². The predicted octanol–water partition coefficient (Wildman–Crippen LogP) is 4.85. The van der Waals surface area contributed by atoms with Gasteiger partial charge in [0.05, 0.1) is 24.0 Å². The molecular weight excluding hydrogens is 326 g/mol. The van der Waals surface area contributed by atoms with E-state index in [0.29, 0.717) is 16.5 Å². The third-order valence-corrected chi connectivity index (χ3v) is 3.85. The molecule has 5 nitrogen and oxygen atoms in total. The number of rotatable bonds is 3. The molecule has 3 aromatic rings. The van der Waals surface area contributed by atoms with E-state index in [0.717, 1.165) is 22.2 Å². The Morgan fingerprint density at radius 2 is 1.96 bits per heavy atom. The zero-order valence-corrected chi connectivity index (χ0v) is 14.0. The zero-order chi connectivity index (χ0) is 17.1. The number of halogens is 1. The first kappa shape index (κ1) is 16.1. The summed E-state index contributed by atoms with van der Waals surface area (Å²) in [5, 5.41) is 7.04. The van der Waals surface area contributed by atoms with Crippen molar-refractivity contribution in [3.8, 4) is 5.75 Å². The monoisotopic (exact) mass is 341 g/mol. The quantitative estimate of drug-likeness (QED) is 0.715. The number of nitrogens with one attached hydrogen (secondary N) is 2. The summed E-state index contributed by atoms with van der Waals surface area (Å²) in [6.07, 6.45) is 1.73. The van der Waals surface area contributed by atoms with Crippen LogP contribution in [0.2, 0.25) is 5.02 Å². The summed E-state index contributed by atoms with van der Waals surface area (Å²) in [7, 11) is 1.53. The highest BCUT2D eigenvalue weighted by molar-refractivity contribution is 6.31. The van der Waals surface area contributed by atoms with Crippen molar-refractivity contribution in [1.82, 2.24) is 4.98 Å². The van der Waals surface area contributed by atoms with Gasteiger partial charge in [0.25, 0.3) is 0 Å². The van der Waals surface area contributed by atoms with Crippen molar-refractivity contribution in [3.05, 3.63) is 59.2 Å². The number of para-hydroxylation sites is 1. The van der Waals surface area contributed by atoms with Crippen LogP contribution in [0.1, 0.15) is 5.56 Å². The summed E-state index contributed by atoms with van der Waals surface area (Å²) in [6, 6.07) is 12.3. The number of ether oxygens (including phenoxy) is 1. The number of nitrogens with zero attached hydrogens (tertiary/aromatic N) is 1. The fraction of sp³-hybridized carbons (Fsp3) is 0.111. The molecule has 6 heteroatoms. The van der Waals surface area contributed by atoms with Crippen LogP contribution in [0.3, 0.4) is 0 Å². The summed E-state index contributed by atoms with van der Waals surface area (Å²) >= 11 is 5.99. The van der Waals surface area contributed by atoms with Gasteiger partial charge in [-0.05, 0) is 36.8 Å². The number of methoxy groups -OCH3 is 1. The number of amides is 2. The van der Waals surface area contributed by atoms with Crippen LogP contribution >= 0.6 is 11.6 Å². The Morgan fingerprint density at radius 3 is 2.75 bits per heavy atom. The maximum absolute atomic E-state index is 12.4. The molecule has 2 amide bonds. The van der Waals surface area contributed by atoms with Crippen molar-refractivity contribution >= 4 is 39.9 Å². The number of hydrogen-bond acceptors (Lipinski definition) is 3. The van der Waals surface area contributed by atoms with Gasteiger partial charge >= 0.3 is 6.03 Å². The number of carbonyl (C=O) groups excluding carboxylic acids is 1. The van der Waals surface area contributed by atoms with Gasteiger partial charge in [-0.3, -0.25) is 4.98 Å². The average Bonchev–Trinajstić information content (AvgIpc) is 2.58. The molecule has 0 fully saturated rings. The number of fused-ring (bicyclic) bond motifs is 1. The number of pyridine rings is 1. The van der Waals surface area contributed by atoms with E-state index in [9.17, 15) is 4.79 Å². The van der Waals surface area contributed by atoms with E-state index in [1.54, 1.807) is 24.4 Å². The molecule has 24 heavy (non-hydrogen) atoms. The smallest absolute Gasteiger partial charge is 0.323 e. The number of urea groups is 1. The molecule has 2 aromatic carbocycles. The minimum atomic E-state index is -0.380. The van der Waals surface area contributed by atoms with E-state index in [2.05, 4.69) is 15.6 Å². The second kappa shape index (κ2) is 6.76. The van der Waals surface area contributed by atoms with Gasteiger partial charge in [0.1, 0.15) is 5.75 Å². The molecule has 122 valence electrons. The molecule has 0 saturated heterocycles. The maximum Gasteiger partial charge on any atom is 0.323 e. The highest BCUT2D eigenvalue weighted by atomic mass is 35.5. The molecule has 0 spiro atoms. The Morgan fingerprint density at radius 1 is 1.17 bits per heavy atom. The molecule has 3 rings (SSSR count). The Kier molecular flexibility index (Phi) is 4.53. The van der Waals surface area contributed by atoms with Crippen LogP contribution in [0.15, 0.2) is 48.7 Å². The Labute approximate surface area is 144 Å². The topological polar surface area (TPSA) is 63.2 Å². The Balaban J connectivity index is 1.89.